The topological polar surface area (TPSA) is 37.3 Å². The Labute approximate surface area is 140 Å². The summed E-state index contributed by atoms with van der Waals surface area (Å²) in [5.74, 6) is -2.24. The highest BCUT2D eigenvalue weighted by atomic mass is 35.5. The van der Waals surface area contributed by atoms with E-state index in [0.29, 0.717) is 0 Å². The minimum absolute atomic E-state index is 0.0774. The second-order valence-electron chi connectivity index (χ2n) is 4.99. The monoisotopic (exact) mass is 362 g/mol. The van der Waals surface area contributed by atoms with Crippen LogP contribution < -0.4 is 0 Å². The van der Waals surface area contributed by atoms with Crippen LogP contribution in [0.1, 0.15) is 24.0 Å². The van der Waals surface area contributed by atoms with Gasteiger partial charge in [0.25, 0.3) is 0 Å². The molecule has 0 aliphatic heterocycles. The summed E-state index contributed by atoms with van der Waals surface area (Å²) >= 11 is 11.6. The molecule has 0 saturated heterocycles. The van der Waals surface area contributed by atoms with Crippen LogP contribution in [0.4, 0.5) is 13.2 Å². The van der Waals surface area contributed by atoms with Gasteiger partial charge in [-0.25, -0.2) is 0 Å². The summed E-state index contributed by atoms with van der Waals surface area (Å²) < 4.78 is 40.1. The number of halogens is 5. The van der Waals surface area contributed by atoms with Gasteiger partial charge in [-0.1, -0.05) is 41.4 Å². The van der Waals surface area contributed by atoms with Crippen molar-refractivity contribution in [2.24, 2.45) is 0 Å². The van der Waals surface area contributed by atoms with Crippen LogP contribution in [-0.2, 0) is 11.0 Å². The van der Waals surface area contributed by atoms with E-state index in [1.54, 1.807) is 0 Å². The minimum Gasteiger partial charge on any atom is -0.481 e. The number of carboxylic acid groups (broad SMARTS) is 1. The first-order chi connectivity index (χ1) is 10.6. The summed E-state index contributed by atoms with van der Waals surface area (Å²) in [6, 6.07) is 7.65. The molecule has 2 aromatic rings. The lowest BCUT2D eigenvalue weighted by molar-refractivity contribution is -0.139. The van der Waals surface area contributed by atoms with E-state index in [-0.39, 0.29) is 26.7 Å². The van der Waals surface area contributed by atoms with Gasteiger partial charge in [0.15, 0.2) is 0 Å². The average molecular weight is 363 g/mol. The Balaban J connectivity index is 2.64. The number of aliphatic carboxylic acids is 1. The number of alkyl halides is 3. The molecule has 7 heteroatoms. The van der Waals surface area contributed by atoms with Crippen LogP contribution in [0.3, 0.4) is 0 Å². The van der Waals surface area contributed by atoms with Gasteiger partial charge in [0, 0.05) is 0 Å². The third-order valence-electron chi connectivity index (χ3n) is 3.45. The first-order valence-corrected chi connectivity index (χ1v) is 7.26. The lowest BCUT2D eigenvalue weighted by Gasteiger charge is -2.16. The molecule has 122 valence electrons. The molecule has 0 fully saturated rings. The molecule has 2 nitrogen and oxygen atoms in total. The summed E-state index contributed by atoms with van der Waals surface area (Å²) in [4.78, 5) is 11.0. The van der Waals surface area contributed by atoms with Gasteiger partial charge in [-0.05, 0) is 41.8 Å². The van der Waals surface area contributed by atoms with Crippen molar-refractivity contribution in [3.8, 4) is 11.1 Å². The van der Waals surface area contributed by atoms with Crippen LogP contribution in [0, 0.1) is 0 Å². The molecular weight excluding hydrogens is 352 g/mol. The van der Waals surface area contributed by atoms with E-state index in [2.05, 4.69) is 0 Å². The van der Waals surface area contributed by atoms with Crippen LogP contribution in [0.5, 0.6) is 0 Å². The SMILES string of the molecule is CC(C(=O)O)c1ccc(-c2ccc(Cl)c(Cl)c2)c(C(F)(F)F)c1. The number of carboxylic acids is 1. The van der Waals surface area contributed by atoms with Crippen molar-refractivity contribution in [1.29, 1.82) is 0 Å². The van der Waals surface area contributed by atoms with Gasteiger partial charge in [-0.3, -0.25) is 4.79 Å². The second kappa shape index (κ2) is 6.42. The molecule has 0 bridgehead atoms. The third kappa shape index (κ3) is 3.79. The fourth-order valence-electron chi connectivity index (χ4n) is 2.12. The molecule has 1 atom stereocenters. The van der Waals surface area contributed by atoms with Crippen molar-refractivity contribution in [1.82, 2.24) is 0 Å². The molecule has 0 aliphatic carbocycles. The lowest BCUT2D eigenvalue weighted by Crippen LogP contribution is -2.12. The number of benzene rings is 2. The molecule has 0 spiro atoms. The first-order valence-electron chi connectivity index (χ1n) is 6.50. The molecule has 0 aliphatic rings. The van der Waals surface area contributed by atoms with Crippen molar-refractivity contribution >= 4 is 29.2 Å². The smallest absolute Gasteiger partial charge is 0.417 e. The first kappa shape index (κ1) is 17.6. The summed E-state index contributed by atoms with van der Waals surface area (Å²) in [6.07, 6.45) is -4.63. The lowest BCUT2D eigenvalue weighted by atomic mass is 9.92. The Morgan fingerprint density at radius 1 is 1.09 bits per heavy atom. The Bertz CT molecular complexity index is 757. The standard InChI is InChI=1S/C16H11Cl2F3O2/c1-8(15(22)23)9-2-4-11(12(6-9)16(19,20)21)10-3-5-13(17)14(18)7-10/h2-8H,1H3,(H,22,23). The van der Waals surface area contributed by atoms with E-state index in [0.717, 1.165) is 6.07 Å². The van der Waals surface area contributed by atoms with Gasteiger partial charge in [0.2, 0.25) is 0 Å². The van der Waals surface area contributed by atoms with Crippen molar-refractivity contribution in [3.05, 3.63) is 57.6 Å². The van der Waals surface area contributed by atoms with E-state index >= 15 is 0 Å². The Hall–Kier alpha value is -1.72. The van der Waals surface area contributed by atoms with E-state index < -0.39 is 23.6 Å². The Morgan fingerprint density at radius 3 is 2.26 bits per heavy atom. The van der Waals surface area contributed by atoms with Gasteiger partial charge in [0.1, 0.15) is 0 Å². The minimum atomic E-state index is -4.63. The highest BCUT2D eigenvalue weighted by molar-refractivity contribution is 6.42. The normalized spacial score (nSPS) is 13.0. The van der Waals surface area contributed by atoms with Gasteiger partial charge < -0.3 is 5.11 Å². The van der Waals surface area contributed by atoms with Crippen LogP contribution in [0.25, 0.3) is 11.1 Å². The maximum Gasteiger partial charge on any atom is 0.417 e. The van der Waals surface area contributed by atoms with Crippen molar-refractivity contribution in [2.45, 2.75) is 19.0 Å². The molecule has 0 amide bonds. The average Bonchev–Trinajstić information content (AvgIpc) is 2.47. The molecule has 2 aromatic carbocycles. The molecule has 0 saturated carbocycles. The molecule has 1 unspecified atom stereocenters. The van der Waals surface area contributed by atoms with Crippen LogP contribution in [0.2, 0.25) is 10.0 Å². The van der Waals surface area contributed by atoms with Crippen molar-refractivity contribution in [3.63, 3.8) is 0 Å². The summed E-state index contributed by atoms with van der Waals surface area (Å²) in [5.41, 5.74) is -0.672. The number of hydrogen-bond acceptors (Lipinski definition) is 1. The predicted octanol–water partition coefficient (Wildman–Crippen LogP) is 5.87. The van der Waals surface area contributed by atoms with Crippen molar-refractivity contribution in [2.75, 3.05) is 0 Å². The van der Waals surface area contributed by atoms with E-state index in [1.807, 2.05) is 0 Å². The van der Waals surface area contributed by atoms with Gasteiger partial charge >= 0.3 is 12.1 Å². The highest BCUT2D eigenvalue weighted by Crippen LogP contribution is 2.40. The number of hydrogen-bond donors (Lipinski definition) is 1. The molecule has 0 aromatic heterocycles. The fourth-order valence-corrected chi connectivity index (χ4v) is 2.42. The largest absolute Gasteiger partial charge is 0.481 e. The quantitative estimate of drug-likeness (QED) is 0.741. The summed E-state index contributed by atoms with van der Waals surface area (Å²) in [7, 11) is 0. The zero-order chi connectivity index (χ0) is 17.4. The summed E-state index contributed by atoms with van der Waals surface area (Å²) in [5, 5.41) is 9.34. The molecule has 0 radical (unpaired) electrons. The van der Waals surface area contributed by atoms with Crippen LogP contribution >= 0.6 is 23.2 Å². The maximum absolute atomic E-state index is 13.4. The van der Waals surface area contributed by atoms with Crippen LogP contribution in [-0.4, -0.2) is 11.1 Å². The zero-order valence-electron chi connectivity index (χ0n) is 11.8. The molecule has 2 rings (SSSR count). The zero-order valence-corrected chi connectivity index (χ0v) is 13.3. The Kier molecular flexibility index (Phi) is 4.92. The predicted molar refractivity (Wildman–Crippen MR) is 83.0 cm³/mol. The van der Waals surface area contributed by atoms with E-state index in [9.17, 15) is 18.0 Å². The Morgan fingerprint density at radius 2 is 1.74 bits per heavy atom. The van der Waals surface area contributed by atoms with Gasteiger partial charge in [-0.15, -0.1) is 0 Å². The molecular formula is C16H11Cl2F3O2. The highest BCUT2D eigenvalue weighted by Gasteiger charge is 2.34. The third-order valence-corrected chi connectivity index (χ3v) is 4.19. The maximum atomic E-state index is 13.4. The van der Waals surface area contributed by atoms with Gasteiger partial charge in [0.05, 0.1) is 21.5 Å². The fraction of sp³-hybridized carbons (Fsp3) is 0.188. The van der Waals surface area contributed by atoms with E-state index in [1.165, 1.54) is 37.3 Å². The van der Waals surface area contributed by atoms with Crippen molar-refractivity contribution < 1.29 is 23.1 Å². The molecule has 0 heterocycles. The van der Waals surface area contributed by atoms with Crippen LogP contribution in [0.15, 0.2) is 36.4 Å². The van der Waals surface area contributed by atoms with Gasteiger partial charge in [-0.2, -0.15) is 13.2 Å². The molecule has 23 heavy (non-hydrogen) atoms. The second-order valence-corrected chi connectivity index (χ2v) is 5.81. The van der Waals surface area contributed by atoms with E-state index in [4.69, 9.17) is 28.3 Å². The number of rotatable bonds is 3. The summed E-state index contributed by atoms with van der Waals surface area (Å²) in [6.45, 7) is 1.33. The molecule has 1 N–H and O–H groups in total. The number of carbonyl (C=O) groups is 1.